The number of halogens is 2. The predicted molar refractivity (Wildman–Crippen MR) is 72.1 cm³/mol. The number of hydrogen-bond donors (Lipinski definition) is 3. The lowest BCUT2D eigenvalue weighted by molar-refractivity contribution is -0.137. The van der Waals surface area contributed by atoms with Gasteiger partial charge in [0.05, 0.1) is 17.1 Å². The molecule has 1 aromatic carbocycles. The lowest BCUT2D eigenvalue weighted by Gasteiger charge is -2.07. The molecule has 0 aliphatic heterocycles. The van der Waals surface area contributed by atoms with Gasteiger partial charge in [-0.15, -0.1) is 0 Å². The predicted octanol–water partition coefficient (Wildman–Crippen LogP) is 1.03. The van der Waals surface area contributed by atoms with Crippen LogP contribution in [-0.2, 0) is 9.59 Å². The highest BCUT2D eigenvalue weighted by Gasteiger charge is 2.12. The van der Waals surface area contributed by atoms with Crippen LogP contribution in [0.25, 0.3) is 0 Å². The molecule has 102 valence electrons. The van der Waals surface area contributed by atoms with E-state index in [1.54, 1.807) is 12.1 Å². The normalized spacial score (nSPS) is 9.79. The Morgan fingerprint density at radius 2 is 1.89 bits per heavy atom. The highest BCUT2D eigenvalue weighted by molar-refractivity contribution is 9.10. The number of carboxylic acid groups (broad SMARTS) is 1. The summed E-state index contributed by atoms with van der Waals surface area (Å²) in [6.45, 7) is -0.818. The van der Waals surface area contributed by atoms with Crippen LogP contribution in [0.1, 0.15) is 10.4 Å². The Labute approximate surface area is 122 Å². The Morgan fingerprint density at radius 3 is 2.53 bits per heavy atom. The SMILES string of the molecule is O=C(O)CNC(=O)CNC(=O)c1cc(Br)ccc1Cl. The van der Waals surface area contributed by atoms with E-state index in [9.17, 15) is 14.4 Å². The van der Waals surface area contributed by atoms with Crippen molar-refractivity contribution >= 4 is 45.3 Å². The first-order chi connectivity index (χ1) is 8.90. The van der Waals surface area contributed by atoms with Crippen molar-refractivity contribution in [1.82, 2.24) is 10.6 Å². The molecule has 0 aliphatic rings. The van der Waals surface area contributed by atoms with E-state index in [0.717, 1.165) is 0 Å². The van der Waals surface area contributed by atoms with Crippen LogP contribution in [0.4, 0.5) is 0 Å². The first-order valence-corrected chi connectivity index (χ1v) is 6.29. The van der Waals surface area contributed by atoms with Crippen LogP contribution >= 0.6 is 27.5 Å². The van der Waals surface area contributed by atoms with Gasteiger partial charge in [0.1, 0.15) is 6.54 Å². The molecular formula is C11H10BrClN2O4. The van der Waals surface area contributed by atoms with Gasteiger partial charge in [0.15, 0.2) is 0 Å². The van der Waals surface area contributed by atoms with Gasteiger partial charge >= 0.3 is 5.97 Å². The van der Waals surface area contributed by atoms with Crippen molar-refractivity contribution in [2.45, 2.75) is 0 Å². The average molecular weight is 350 g/mol. The molecule has 0 saturated heterocycles. The summed E-state index contributed by atoms with van der Waals surface area (Å²) in [7, 11) is 0. The van der Waals surface area contributed by atoms with Crippen molar-refractivity contribution in [3.8, 4) is 0 Å². The number of amides is 2. The fourth-order valence-electron chi connectivity index (χ4n) is 1.16. The van der Waals surface area contributed by atoms with Crippen LogP contribution in [0.5, 0.6) is 0 Å². The van der Waals surface area contributed by atoms with Crippen LogP contribution in [0, 0.1) is 0 Å². The molecular weight excluding hydrogens is 339 g/mol. The molecule has 6 nitrogen and oxygen atoms in total. The Kier molecular flexibility index (Phi) is 5.78. The van der Waals surface area contributed by atoms with Gasteiger partial charge in [0, 0.05) is 4.47 Å². The largest absolute Gasteiger partial charge is 0.480 e. The molecule has 0 aromatic heterocycles. The van der Waals surface area contributed by atoms with Crippen LogP contribution in [0.3, 0.4) is 0 Å². The summed E-state index contributed by atoms with van der Waals surface area (Å²) in [5, 5.41) is 13.1. The van der Waals surface area contributed by atoms with E-state index in [2.05, 4.69) is 26.6 Å². The van der Waals surface area contributed by atoms with Gasteiger partial charge in [0.2, 0.25) is 5.91 Å². The molecule has 0 saturated carbocycles. The Hall–Kier alpha value is -1.60. The highest BCUT2D eigenvalue weighted by atomic mass is 79.9. The number of rotatable bonds is 5. The van der Waals surface area contributed by atoms with Gasteiger partial charge in [0.25, 0.3) is 5.91 Å². The number of nitrogens with one attached hydrogen (secondary N) is 2. The Balaban J connectivity index is 2.53. The van der Waals surface area contributed by atoms with E-state index in [1.807, 2.05) is 0 Å². The number of carbonyl (C=O) groups is 3. The lowest BCUT2D eigenvalue weighted by atomic mass is 10.2. The molecule has 3 N–H and O–H groups in total. The van der Waals surface area contributed by atoms with Crippen LogP contribution in [-0.4, -0.2) is 36.0 Å². The Bertz CT molecular complexity index is 521. The fourth-order valence-corrected chi connectivity index (χ4v) is 1.73. The van der Waals surface area contributed by atoms with Crippen LogP contribution in [0.2, 0.25) is 5.02 Å². The number of hydrogen-bond acceptors (Lipinski definition) is 3. The highest BCUT2D eigenvalue weighted by Crippen LogP contribution is 2.20. The summed E-state index contributed by atoms with van der Waals surface area (Å²) >= 11 is 9.05. The second-order valence-electron chi connectivity index (χ2n) is 3.48. The molecule has 0 radical (unpaired) electrons. The van der Waals surface area contributed by atoms with Crippen molar-refractivity contribution in [3.05, 3.63) is 33.3 Å². The molecule has 0 heterocycles. The van der Waals surface area contributed by atoms with Gasteiger partial charge in [-0.05, 0) is 18.2 Å². The van der Waals surface area contributed by atoms with Crippen molar-refractivity contribution in [3.63, 3.8) is 0 Å². The summed E-state index contributed by atoms with van der Waals surface area (Å²) in [5.41, 5.74) is 0.224. The van der Waals surface area contributed by atoms with Gasteiger partial charge < -0.3 is 15.7 Å². The second kappa shape index (κ2) is 7.10. The molecule has 19 heavy (non-hydrogen) atoms. The zero-order valence-electron chi connectivity index (χ0n) is 9.57. The number of aliphatic carboxylic acids is 1. The number of carboxylic acids is 1. The van der Waals surface area contributed by atoms with E-state index in [0.29, 0.717) is 4.47 Å². The van der Waals surface area contributed by atoms with Crippen LogP contribution < -0.4 is 10.6 Å². The van der Waals surface area contributed by atoms with Crippen molar-refractivity contribution < 1.29 is 19.5 Å². The van der Waals surface area contributed by atoms with Gasteiger partial charge in [-0.1, -0.05) is 27.5 Å². The molecule has 0 spiro atoms. The lowest BCUT2D eigenvalue weighted by Crippen LogP contribution is -2.39. The third kappa shape index (κ3) is 5.27. The van der Waals surface area contributed by atoms with Crippen molar-refractivity contribution in [1.29, 1.82) is 0 Å². The third-order valence-electron chi connectivity index (χ3n) is 2.02. The van der Waals surface area contributed by atoms with Gasteiger partial charge in [-0.25, -0.2) is 0 Å². The topological polar surface area (TPSA) is 95.5 Å². The zero-order valence-corrected chi connectivity index (χ0v) is 11.9. The summed E-state index contributed by atoms with van der Waals surface area (Å²) in [4.78, 5) is 33.2. The number of carbonyl (C=O) groups excluding carboxylic acids is 2. The van der Waals surface area contributed by atoms with Crippen LogP contribution in [0.15, 0.2) is 22.7 Å². The third-order valence-corrected chi connectivity index (χ3v) is 2.84. The van der Waals surface area contributed by atoms with E-state index < -0.39 is 24.3 Å². The van der Waals surface area contributed by atoms with E-state index in [4.69, 9.17) is 16.7 Å². The van der Waals surface area contributed by atoms with Gasteiger partial charge in [-0.2, -0.15) is 0 Å². The fraction of sp³-hybridized carbons (Fsp3) is 0.182. The molecule has 2 amide bonds. The zero-order chi connectivity index (χ0) is 14.4. The first-order valence-electron chi connectivity index (χ1n) is 5.12. The molecule has 0 aliphatic carbocycles. The smallest absolute Gasteiger partial charge is 0.322 e. The van der Waals surface area contributed by atoms with Gasteiger partial charge in [-0.3, -0.25) is 14.4 Å². The summed E-state index contributed by atoms with van der Waals surface area (Å²) < 4.78 is 0.678. The maximum Gasteiger partial charge on any atom is 0.322 e. The quantitative estimate of drug-likeness (QED) is 0.740. The standard InChI is InChI=1S/C11H10BrClN2O4/c12-6-1-2-8(13)7(3-6)11(19)15-4-9(16)14-5-10(17)18/h1-3H,4-5H2,(H,14,16)(H,15,19)(H,17,18). The number of benzene rings is 1. The minimum atomic E-state index is -1.16. The summed E-state index contributed by atoms with van der Waals surface area (Å²) in [5.74, 6) is -2.27. The molecule has 0 fully saturated rings. The first kappa shape index (κ1) is 15.5. The second-order valence-corrected chi connectivity index (χ2v) is 4.80. The average Bonchev–Trinajstić information content (AvgIpc) is 2.36. The Morgan fingerprint density at radius 1 is 1.21 bits per heavy atom. The summed E-state index contributed by atoms with van der Waals surface area (Å²) in [6, 6.07) is 4.75. The molecule has 0 atom stereocenters. The van der Waals surface area contributed by atoms with Crippen molar-refractivity contribution in [2.24, 2.45) is 0 Å². The molecule has 1 rings (SSSR count). The minimum Gasteiger partial charge on any atom is -0.480 e. The van der Waals surface area contributed by atoms with E-state index in [-0.39, 0.29) is 17.1 Å². The summed E-state index contributed by atoms with van der Waals surface area (Å²) in [6.07, 6.45) is 0. The minimum absolute atomic E-state index is 0.224. The van der Waals surface area contributed by atoms with Crippen molar-refractivity contribution in [2.75, 3.05) is 13.1 Å². The maximum atomic E-state index is 11.7. The molecule has 8 heteroatoms. The maximum absolute atomic E-state index is 11.7. The molecule has 1 aromatic rings. The molecule has 0 bridgehead atoms. The van der Waals surface area contributed by atoms with E-state index in [1.165, 1.54) is 6.07 Å². The van der Waals surface area contributed by atoms with E-state index >= 15 is 0 Å². The molecule has 0 unspecified atom stereocenters. The monoisotopic (exact) mass is 348 g/mol.